The number of halogens is 4. The normalized spacial score (nSPS) is 22.3. The summed E-state index contributed by atoms with van der Waals surface area (Å²) in [7, 11) is 1.27. The van der Waals surface area contributed by atoms with Crippen LogP contribution in [0, 0.1) is 0 Å². The Hall–Kier alpha value is -2.14. The van der Waals surface area contributed by atoms with Gasteiger partial charge in [-0.3, -0.25) is 4.79 Å². The van der Waals surface area contributed by atoms with E-state index in [0.29, 0.717) is 6.20 Å². The molecule has 1 saturated heterocycles. The zero-order chi connectivity index (χ0) is 21.6. The molecule has 0 saturated carbocycles. The monoisotopic (exact) mass is 410 g/mol. The molecule has 0 amide bonds. The zero-order valence-corrected chi connectivity index (χ0v) is 14.6. The fourth-order valence-corrected chi connectivity index (χ4v) is 3.48. The quantitative estimate of drug-likeness (QED) is 0.744. The van der Waals surface area contributed by atoms with E-state index in [1.807, 2.05) is 0 Å². The lowest BCUT2D eigenvalue weighted by molar-refractivity contribution is -0.142. The lowest BCUT2D eigenvalue weighted by Gasteiger charge is -2.14. The molecule has 2 aromatic heterocycles. The Balaban J connectivity index is 1.97. The van der Waals surface area contributed by atoms with Crippen LogP contribution in [0.4, 0.5) is 29.9 Å². The minimum atomic E-state index is -4.65. The van der Waals surface area contributed by atoms with Gasteiger partial charge in [-0.25, -0.2) is 9.97 Å². The molecule has 1 aliphatic heterocycles. The second kappa shape index (κ2) is 6.54. The summed E-state index contributed by atoms with van der Waals surface area (Å²) in [5.41, 5.74) is -3.02. The molecule has 0 aliphatic carbocycles. The van der Waals surface area contributed by atoms with Crippen molar-refractivity contribution in [3.63, 3.8) is 0 Å². The molecule has 12 heteroatoms. The van der Waals surface area contributed by atoms with Crippen LogP contribution in [0.2, 0.25) is 5.15 Å². The van der Waals surface area contributed by atoms with Crippen LogP contribution < -0.4 is 10.6 Å². The third-order valence-electron chi connectivity index (χ3n) is 3.57. The van der Waals surface area contributed by atoms with E-state index >= 15 is 0 Å². The number of esters is 1. The van der Waals surface area contributed by atoms with Gasteiger partial charge >= 0.3 is 12.1 Å². The molecule has 7 nitrogen and oxygen atoms in total. The summed E-state index contributed by atoms with van der Waals surface area (Å²) < 4.78 is 67.1. The molecule has 0 bridgehead atoms. The van der Waals surface area contributed by atoms with Crippen LogP contribution in [0.25, 0.3) is 0 Å². The molecule has 3 rings (SSSR count). The number of hydrogen-bond acceptors (Lipinski definition) is 8. The maximum Gasteiger partial charge on any atom is 0.421 e. The fraction of sp³-hybridized carbons (Fsp3) is 0.429. The van der Waals surface area contributed by atoms with Crippen molar-refractivity contribution in [1.29, 1.82) is 0 Å². The molecule has 2 aromatic rings. The van der Waals surface area contributed by atoms with E-state index in [1.165, 1.54) is 7.05 Å². The molecule has 0 spiro atoms. The highest BCUT2D eigenvalue weighted by molar-refractivity contribution is 7.16. The van der Waals surface area contributed by atoms with E-state index < -0.39 is 35.8 Å². The van der Waals surface area contributed by atoms with Crippen LogP contribution in [-0.4, -0.2) is 34.6 Å². The first-order chi connectivity index (χ1) is 13.4. The number of aromatic nitrogens is 3. The third kappa shape index (κ3) is 3.28. The average molecular weight is 411 g/mol. The molecule has 0 radical (unpaired) electrons. The Morgan fingerprint density at radius 2 is 2.23 bits per heavy atom. The minimum Gasteiger partial charge on any atom is -0.465 e. The van der Waals surface area contributed by atoms with E-state index in [4.69, 9.17) is 20.5 Å². The summed E-state index contributed by atoms with van der Waals surface area (Å²) in [6, 6.07) is 0. The van der Waals surface area contributed by atoms with Crippen LogP contribution in [0.3, 0.4) is 0 Å². The third-order valence-corrected chi connectivity index (χ3v) is 5.08. The molecular weight excluding hydrogens is 395 g/mol. The topological polar surface area (TPSA) is 89.0 Å². The number of carbonyl (C=O) groups is 1. The van der Waals surface area contributed by atoms with Crippen molar-refractivity contribution < 1.29 is 26.8 Å². The number of cyclic esters (lactones) is 1. The first-order valence-electron chi connectivity index (χ1n) is 8.63. The van der Waals surface area contributed by atoms with E-state index in [1.54, 1.807) is 0 Å². The smallest absolute Gasteiger partial charge is 0.421 e. The zero-order valence-electron chi connectivity index (χ0n) is 16.1. The Labute approximate surface area is 159 Å². The first-order valence-corrected chi connectivity index (χ1v) is 8.32. The Bertz CT molecular complexity index is 956. The average Bonchev–Trinajstić information content (AvgIpc) is 3.17. The van der Waals surface area contributed by atoms with E-state index in [0.717, 1.165) is 11.3 Å². The number of rotatable bonds is 4. The van der Waals surface area contributed by atoms with Crippen molar-refractivity contribution in [3.8, 4) is 0 Å². The van der Waals surface area contributed by atoms with Gasteiger partial charge in [-0.2, -0.15) is 18.2 Å². The van der Waals surface area contributed by atoms with Crippen LogP contribution in [-0.2, 0) is 21.1 Å². The second-order valence-electron chi connectivity index (χ2n) is 5.26. The second-order valence-corrected chi connectivity index (χ2v) is 6.62. The maximum absolute atomic E-state index is 13.0. The molecule has 0 aromatic carbocycles. The number of anilines is 3. The van der Waals surface area contributed by atoms with Gasteiger partial charge in [0.15, 0.2) is 5.15 Å². The number of carbonyl (C=O) groups excluding carboxylic acids is 1. The largest absolute Gasteiger partial charge is 0.465 e. The van der Waals surface area contributed by atoms with Crippen molar-refractivity contribution in [2.75, 3.05) is 24.3 Å². The first kappa shape index (κ1) is 15.0. The van der Waals surface area contributed by atoms with Gasteiger partial charge < -0.3 is 15.4 Å². The van der Waals surface area contributed by atoms with E-state index in [2.05, 4.69) is 25.6 Å². The fourth-order valence-electron chi connectivity index (χ4n) is 2.22. The summed E-state index contributed by atoms with van der Waals surface area (Å²) in [4.78, 5) is 23.6. The molecule has 140 valence electrons. The van der Waals surface area contributed by atoms with Crippen LogP contribution in [0.5, 0.6) is 0 Å². The van der Waals surface area contributed by atoms with Crippen molar-refractivity contribution in [1.82, 2.24) is 15.0 Å². The summed E-state index contributed by atoms with van der Waals surface area (Å²) >= 11 is 6.83. The lowest BCUT2D eigenvalue weighted by atomic mass is 9.90. The molecule has 1 fully saturated rings. The van der Waals surface area contributed by atoms with Crippen LogP contribution >= 0.6 is 22.9 Å². The lowest BCUT2D eigenvalue weighted by Crippen LogP contribution is -2.27. The van der Waals surface area contributed by atoms with Gasteiger partial charge in [0, 0.05) is 23.8 Å². The van der Waals surface area contributed by atoms with Crippen LogP contribution in [0.1, 0.15) is 28.0 Å². The number of thiazole rings is 1. The summed E-state index contributed by atoms with van der Waals surface area (Å²) in [6.07, 6.45) is -4.16. The number of nitrogens with zero attached hydrogens (tertiary/aromatic N) is 3. The standard InChI is InChI=1S/C14H13ClF3N5O2S/c1-13(3-4-25-11(13)24)10-21-7(15)9(26-10)23-12-20-5-6(14(16,17)18)8(19-2)22-12/h5H,3-4H2,1-2H3,(H2,19,20,22,23)/i1D3. The Morgan fingerprint density at radius 1 is 1.46 bits per heavy atom. The van der Waals surface area contributed by atoms with Gasteiger partial charge in [0.05, 0.1) is 6.61 Å². The predicted molar refractivity (Wildman–Crippen MR) is 89.9 cm³/mol. The highest BCUT2D eigenvalue weighted by Gasteiger charge is 2.44. The van der Waals surface area contributed by atoms with Gasteiger partial charge in [0.2, 0.25) is 5.95 Å². The number of ether oxygens (including phenoxy) is 1. The number of nitrogens with one attached hydrogen (secondary N) is 2. The molecule has 1 atom stereocenters. The van der Waals surface area contributed by atoms with Gasteiger partial charge in [0.1, 0.15) is 26.8 Å². The van der Waals surface area contributed by atoms with Gasteiger partial charge in [-0.15, -0.1) is 0 Å². The molecule has 3 heterocycles. The van der Waals surface area contributed by atoms with E-state index in [-0.39, 0.29) is 34.1 Å². The highest BCUT2D eigenvalue weighted by atomic mass is 35.5. The molecule has 2 N–H and O–H groups in total. The Kier molecular flexibility index (Phi) is 3.77. The number of alkyl halides is 3. The van der Waals surface area contributed by atoms with E-state index in [9.17, 15) is 18.0 Å². The van der Waals surface area contributed by atoms with Crippen molar-refractivity contribution in [2.24, 2.45) is 0 Å². The Morgan fingerprint density at radius 3 is 2.81 bits per heavy atom. The maximum atomic E-state index is 13.0. The molecular formula is C14H13ClF3N5O2S. The summed E-state index contributed by atoms with van der Waals surface area (Å²) in [6.45, 7) is -2.81. The highest BCUT2D eigenvalue weighted by Crippen LogP contribution is 2.42. The minimum absolute atomic E-state index is 0.0757. The van der Waals surface area contributed by atoms with Gasteiger partial charge in [-0.05, 0) is 6.85 Å². The van der Waals surface area contributed by atoms with Crippen molar-refractivity contribution >= 4 is 45.7 Å². The predicted octanol–water partition coefficient (Wildman–Crippen LogP) is 3.60. The van der Waals surface area contributed by atoms with Gasteiger partial charge in [0.25, 0.3) is 0 Å². The molecule has 26 heavy (non-hydrogen) atoms. The van der Waals surface area contributed by atoms with Gasteiger partial charge in [-0.1, -0.05) is 22.9 Å². The summed E-state index contributed by atoms with van der Waals surface area (Å²) in [5.74, 6) is -1.62. The molecule has 1 unspecified atom stereocenters. The molecule has 1 aliphatic rings. The van der Waals surface area contributed by atoms with Crippen LogP contribution in [0.15, 0.2) is 6.20 Å². The SMILES string of the molecule is [2H]C([2H])([2H])C1(c2nc(Cl)c(Nc3ncc(C(F)(F)F)c(NC)n3)s2)CCOC1=O. The van der Waals surface area contributed by atoms with Crippen molar-refractivity contribution in [3.05, 3.63) is 21.9 Å². The summed E-state index contributed by atoms with van der Waals surface area (Å²) in [5, 5.41) is 4.75. The van der Waals surface area contributed by atoms with Crippen molar-refractivity contribution in [2.45, 2.75) is 24.9 Å². The number of hydrogen-bond donors (Lipinski definition) is 2.